The van der Waals surface area contributed by atoms with Crippen LogP contribution in [0.3, 0.4) is 0 Å². The molecule has 0 aromatic rings. The Bertz CT molecular complexity index is 562. The van der Waals surface area contributed by atoms with Gasteiger partial charge in [-0.25, -0.2) is 4.79 Å². The summed E-state index contributed by atoms with van der Waals surface area (Å²) in [6.45, 7) is 2.70. The molecule has 2 heterocycles. The van der Waals surface area contributed by atoms with Crippen LogP contribution in [0.5, 0.6) is 0 Å². The zero-order valence-electron chi connectivity index (χ0n) is 13.4. The quantitative estimate of drug-likeness (QED) is 0.767. The van der Waals surface area contributed by atoms with Crippen LogP contribution in [0.25, 0.3) is 0 Å². The monoisotopic (exact) mass is 321 g/mol. The maximum atomic E-state index is 12.7. The molecule has 7 nitrogen and oxygen atoms in total. The van der Waals surface area contributed by atoms with Crippen molar-refractivity contribution in [1.29, 1.82) is 0 Å². The molecule has 7 heteroatoms. The molecule has 0 spiro atoms. The number of hydrogen-bond donors (Lipinski definition) is 1. The van der Waals surface area contributed by atoms with E-state index in [1.54, 1.807) is 6.92 Å². The minimum atomic E-state index is -0.821. The maximum Gasteiger partial charge on any atom is 0.325 e. The van der Waals surface area contributed by atoms with Gasteiger partial charge in [0.1, 0.15) is 12.1 Å². The lowest BCUT2D eigenvalue weighted by molar-refractivity contribution is -0.147. The fraction of sp³-hybridized carbons (Fsp3) is 0.812. The Morgan fingerprint density at radius 1 is 1.30 bits per heavy atom. The van der Waals surface area contributed by atoms with Gasteiger partial charge in [0.05, 0.1) is 18.8 Å². The van der Waals surface area contributed by atoms with Gasteiger partial charge in [-0.3, -0.25) is 14.5 Å². The summed E-state index contributed by atoms with van der Waals surface area (Å²) in [5.41, 5.74) is -0.821. The van der Waals surface area contributed by atoms with E-state index in [2.05, 4.69) is 5.32 Å². The summed E-state index contributed by atoms with van der Waals surface area (Å²) in [4.78, 5) is 40.4. The molecule has 0 bridgehead atoms. The molecule has 2 aliphatic heterocycles. The van der Waals surface area contributed by atoms with E-state index in [1.165, 1.54) is 0 Å². The first kappa shape index (κ1) is 14.9. The van der Waals surface area contributed by atoms with E-state index >= 15 is 0 Å². The fourth-order valence-corrected chi connectivity index (χ4v) is 4.26. The standard InChI is InChI=1S/C16H23N3O4/c1-16(10-5-6-10)14(21)19(15(22)17-16)9-13(20)18-7-8-23-12-4-2-3-11(12)18/h10-12H,2-9H2,1H3,(H,17,22)/t11-,12-,16+/m0/s1. The maximum absolute atomic E-state index is 12.7. The van der Waals surface area contributed by atoms with Gasteiger partial charge >= 0.3 is 6.03 Å². The Morgan fingerprint density at radius 2 is 2.09 bits per heavy atom. The molecule has 4 rings (SSSR count). The lowest BCUT2D eigenvalue weighted by atomic mass is 9.96. The van der Waals surface area contributed by atoms with Gasteiger partial charge in [0, 0.05) is 6.54 Å². The predicted molar refractivity (Wildman–Crippen MR) is 80.5 cm³/mol. The fourth-order valence-electron chi connectivity index (χ4n) is 4.26. The summed E-state index contributed by atoms with van der Waals surface area (Å²) >= 11 is 0. The van der Waals surface area contributed by atoms with E-state index in [1.807, 2.05) is 4.90 Å². The first-order valence-corrected chi connectivity index (χ1v) is 8.56. The second-order valence-corrected chi connectivity index (χ2v) is 7.29. The van der Waals surface area contributed by atoms with Crippen molar-refractivity contribution >= 4 is 17.8 Å². The Kier molecular flexibility index (Phi) is 3.37. The van der Waals surface area contributed by atoms with Crippen molar-refractivity contribution in [3.05, 3.63) is 0 Å². The number of nitrogens with one attached hydrogen (secondary N) is 1. The van der Waals surface area contributed by atoms with Crippen LogP contribution in [0.4, 0.5) is 4.79 Å². The van der Waals surface area contributed by atoms with Gasteiger partial charge in [-0.1, -0.05) is 0 Å². The summed E-state index contributed by atoms with van der Waals surface area (Å²) in [6.07, 6.45) is 5.01. The largest absolute Gasteiger partial charge is 0.374 e. The molecule has 0 unspecified atom stereocenters. The van der Waals surface area contributed by atoms with Gasteiger partial charge in [0.15, 0.2) is 0 Å². The normalized spacial score (nSPS) is 37.1. The summed E-state index contributed by atoms with van der Waals surface area (Å²) in [5, 5.41) is 2.79. The van der Waals surface area contributed by atoms with Gasteiger partial charge < -0.3 is 15.0 Å². The van der Waals surface area contributed by atoms with Gasteiger partial charge in [0.2, 0.25) is 5.91 Å². The van der Waals surface area contributed by atoms with Gasteiger partial charge in [-0.2, -0.15) is 0 Å². The molecular formula is C16H23N3O4. The van der Waals surface area contributed by atoms with E-state index in [-0.39, 0.29) is 36.4 Å². The molecule has 0 aromatic carbocycles. The molecule has 0 radical (unpaired) electrons. The van der Waals surface area contributed by atoms with E-state index < -0.39 is 11.6 Å². The van der Waals surface area contributed by atoms with Crippen LogP contribution in [0.15, 0.2) is 0 Å². The predicted octanol–water partition coefficient (Wildman–Crippen LogP) is 0.487. The molecule has 4 amide bonds. The van der Waals surface area contributed by atoms with Crippen LogP contribution in [-0.4, -0.2) is 65.0 Å². The van der Waals surface area contributed by atoms with Crippen molar-refractivity contribution < 1.29 is 19.1 Å². The summed E-state index contributed by atoms with van der Waals surface area (Å²) in [6, 6.07) is -0.333. The number of rotatable bonds is 3. The van der Waals surface area contributed by atoms with Crippen LogP contribution in [-0.2, 0) is 14.3 Å². The Labute approximate surface area is 135 Å². The number of urea groups is 1. The Morgan fingerprint density at radius 3 is 2.83 bits per heavy atom. The minimum Gasteiger partial charge on any atom is -0.374 e. The zero-order chi connectivity index (χ0) is 16.2. The summed E-state index contributed by atoms with van der Waals surface area (Å²) in [5.74, 6) is -0.190. The smallest absolute Gasteiger partial charge is 0.325 e. The third-order valence-electron chi connectivity index (χ3n) is 5.79. The number of carbonyl (C=O) groups excluding carboxylic acids is 3. The number of ether oxygens (including phenoxy) is 1. The molecule has 1 N–H and O–H groups in total. The molecule has 2 aliphatic carbocycles. The number of carbonyl (C=O) groups is 3. The molecule has 126 valence electrons. The molecule has 23 heavy (non-hydrogen) atoms. The number of nitrogens with zero attached hydrogens (tertiary/aromatic N) is 2. The van der Waals surface area contributed by atoms with Gasteiger partial charge in [-0.15, -0.1) is 0 Å². The van der Waals surface area contributed by atoms with E-state index in [0.717, 1.165) is 37.0 Å². The average Bonchev–Trinajstić information content (AvgIpc) is 3.24. The third kappa shape index (κ3) is 2.33. The highest BCUT2D eigenvalue weighted by Crippen LogP contribution is 2.42. The molecule has 2 saturated heterocycles. The number of amides is 4. The lowest BCUT2D eigenvalue weighted by Gasteiger charge is -2.38. The summed E-state index contributed by atoms with van der Waals surface area (Å²) < 4.78 is 5.71. The van der Waals surface area contributed by atoms with E-state index in [9.17, 15) is 14.4 Å². The Hall–Kier alpha value is -1.63. The highest BCUT2D eigenvalue weighted by atomic mass is 16.5. The number of hydrogen-bond acceptors (Lipinski definition) is 4. The van der Waals surface area contributed by atoms with Crippen LogP contribution in [0.2, 0.25) is 0 Å². The van der Waals surface area contributed by atoms with Crippen molar-refractivity contribution in [3.63, 3.8) is 0 Å². The lowest BCUT2D eigenvalue weighted by Crippen LogP contribution is -2.54. The highest BCUT2D eigenvalue weighted by Gasteiger charge is 2.56. The van der Waals surface area contributed by atoms with Crippen LogP contribution >= 0.6 is 0 Å². The zero-order valence-corrected chi connectivity index (χ0v) is 13.4. The van der Waals surface area contributed by atoms with Gasteiger partial charge in [0.25, 0.3) is 5.91 Å². The molecule has 4 fully saturated rings. The number of fused-ring (bicyclic) bond motifs is 1. The van der Waals surface area contributed by atoms with Crippen LogP contribution in [0, 0.1) is 5.92 Å². The molecule has 2 saturated carbocycles. The molecule has 0 aromatic heterocycles. The SMILES string of the molecule is C[C@]1(C2CC2)NC(=O)N(CC(=O)N2CCO[C@H]3CCC[C@@H]32)C1=O. The molecule has 4 aliphatic rings. The Balaban J connectivity index is 1.46. The molecule has 3 atom stereocenters. The van der Waals surface area contributed by atoms with Crippen LogP contribution in [0.1, 0.15) is 39.0 Å². The highest BCUT2D eigenvalue weighted by molar-refractivity contribution is 6.09. The third-order valence-corrected chi connectivity index (χ3v) is 5.79. The van der Waals surface area contributed by atoms with Crippen molar-refractivity contribution in [2.45, 2.75) is 56.7 Å². The van der Waals surface area contributed by atoms with Crippen molar-refractivity contribution in [1.82, 2.24) is 15.1 Å². The summed E-state index contributed by atoms with van der Waals surface area (Å²) in [7, 11) is 0. The number of morpholine rings is 1. The first-order chi connectivity index (χ1) is 11.0. The first-order valence-electron chi connectivity index (χ1n) is 8.56. The topological polar surface area (TPSA) is 79.0 Å². The van der Waals surface area contributed by atoms with E-state index in [0.29, 0.717) is 13.2 Å². The van der Waals surface area contributed by atoms with E-state index in [4.69, 9.17) is 4.74 Å². The van der Waals surface area contributed by atoms with Crippen LogP contribution < -0.4 is 5.32 Å². The van der Waals surface area contributed by atoms with Crippen molar-refractivity contribution in [2.75, 3.05) is 19.7 Å². The second-order valence-electron chi connectivity index (χ2n) is 7.29. The van der Waals surface area contributed by atoms with Crippen molar-refractivity contribution in [3.8, 4) is 0 Å². The average molecular weight is 321 g/mol. The molecular weight excluding hydrogens is 298 g/mol. The van der Waals surface area contributed by atoms with Crippen molar-refractivity contribution in [2.24, 2.45) is 5.92 Å². The number of imide groups is 1. The van der Waals surface area contributed by atoms with Gasteiger partial charge in [-0.05, 0) is 44.9 Å². The second kappa shape index (κ2) is 5.19. The minimum absolute atomic E-state index is 0.104.